The summed E-state index contributed by atoms with van der Waals surface area (Å²) in [6.45, 7) is 2.74. The predicted octanol–water partition coefficient (Wildman–Crippen LogP) is 2.78. The zero-order chi connectivity index (χ0) is 14.7. The van der Waals surface area contributed by atoms with Gasteiger partial charge in [0.2, 0.25) is 0 Å². The predicted molar refractivity (Wildman–Crippen MR) is 80.8 cm³/mol. The molecule has 0 saturated heterocycles. The maximum absolute atomic E-state index is 12.2. The molecule has 0 saturated carbocycles. The van der Waals surface area contributed by atoms with Gasteiger partial charge in [0.25, 0.3) is 5.56 Å². The summed E-state index contributed by atoms with van der Waals surface area (Å²) in [6.07, 6.45) is 2.35. The second-order valence-corrected chi connectivity index (χ2v) is 5.28. The highest BCUT2D eigenvalue weighted by molar-refractivity contribution is 6.42. The molecule has 1 aromatic carbocycles. The molecule has 0 aliphatic carbocycles. The van der Waals surface area contributed by atoms with Crippen molar-refractivity contribution < 1.29 is 0 Å². The van der Waals surface area contributed by atoms with Crippen LogP contribution in [0.5, 0.6) is 0 Å². The maximum Gasteiger partial charge on any atom is 0.331 e. The molecule has 2 aromatic rings. The molecular formula is C14H14Cl2N2O2. The number of aryl methyl sites for hydroxylation is 1. The Morgan fingerprint density at radius 3 is 2.50 bits per heavy atom. The fourth-order valence-electron chi connectivity index (χ4n) is 1.93. The molecule has 0 aliphatic rings. The molecule has 2 rings (SSSR count). The quantitative estimate of drug-likeness (QED) is 0.871. The summed E-state index contributed by atoms with van der Waals surface area (Å²) in [5.74, 6) is 0. The molecule has 6 heteroatoms. The molecule has 0 amide bonds. The molecule has 0 N–H and O–H groups in total. The Morgan fingerprint density at radius 1 is 1.10 bits per heavy atom. The Labute approximate surface area is 126 Å². The van der Waals surface area contributed by atoms with Gasteiger partial charge >= 0.3 is 5.69 Å². The van der Waals surface area contributed by atoms with Crippen LogP contribution >= 0.6 is 23.2 Å². The third kappa shape index (κ3) is 3.14. The van der Waals surface area contributed by atoms with Gasteiger partial charge in [0, 0.05) is 18.8 Å². The molecule has 1 aromatic heterocycles. The first-order chi connectivity index (χ1) is 9.52. The van der Waals surface area contributed by atoms with Crippen molar-refractivity contribution in [2.75, 3.05) is 0 Å². The minimum Gasteiger partial charge on any atom is -0.300 e. The molecule has 0 unspecified atom stereocenters. The number of rotatable bonds is 4. The van der Waals surface area contributed by atoms with E-state index in [0.29, 0.717) is 16.6 Å². The van der Waals surface area contributed by atoms with Crippen molar-refractivity contribution in [1.29, 1.82) is 0 Å². The molecule has 20 heavy (non-hydrogen) atoms. The first-order valence-corrected chi connectivity index (χ1v) is 7.02. The summed E-state index contributed by atoms with van der Waals surface area (Å²) in [5, 5.41) is 0.848. The summed E-state index contributed by atoms with van der Waals surface area (Å²) < 4.78 is 2.72. The van der Waals surface area contributed by atoms with Crippen molar-refractivity contribution >= 4 is 23.2 Å². The number of nitrogens with zero attached hydrogens (tertiary/aromatic N) is 2. The van der Waals surface area contributed by atoms with E-state index >= 15 is 0 Å². The lowest BCUT2D eigenvalue weighted by molar-refractivity contribution is 0.571. The largest absolute Gasteiger partial charge is 0.331 e. The normalized spacial score (nSPS) is 10.8. The van der Waals surface area contributed by atoms with Crippen LogP contribution in [0, 0.1) is 0 Å². The van der Waals surface area contributed by atoms with E-state index in [9.17, 15) is 9.59 Å². The Balaban J connectivity index is 2.42. The van der Waals surface area contributed by atoms with Gasteiger partial charge in [0.05, 0.1) is 16.6 Å². The van der Waals surface area contributed by atoms with Crippen molar-refractivity contribution in [1.82, 2.24) is 9.13 Å². The molecule has 4 nitrogen and oxygen atoms in total. The van der Waals surface area contributed by atoms with Gasteiger partial charge in [-0.3, -0.25) is 9.36 Å². The zero-order valence-electron chi connectivity index (χ0n) is 11.0. The minimum absolute atomic E-state index is 0.180. The monoisotopic (exact) mass is 312 g/mol. The van der Waals surface area contributed by atoms with Crippen LogP contribution in [0.15, 0.2) is 40.1 Å². The fourth-order valence-corrected chi connectivity index (χ4v) is 2.25. The highest BCUT2D eigenvalue weighted by Gasteiger charge is 2.07. The number of aromatic nitrogens is 2. The molecule has 0 bridgehead atoms. The number of benzene rings is 1. The highest BCUT2D eigenvalue weighted by Crippen LogP contribution is 2.22. The molecule has 106 valence electrons. The average molecular weight is 313 g/mol. The van der Waals surface area contributed by atoms with E-state index in [1.807, 2.05) is 6.92 Å². The van der Waals surface area contributed by atoms with E-state index in [0.717, 1.165) is 12.0 Å². The standard InChI is InChI=1S/C14H14Cl2N2O2/c1-2-6-17-7-5-13(19)18(14(17)20)9-10-3-4-11(15)12(16)8-10/h3-5,7-8H,2,6,9H2,1H3. The van der Waals surface area contributed by atoms with Crippen LogP contribution in [0.1, 0.15) is 18.9 Å². The number of hydrogen-bond acceptors (Lipinski definition) is 2. The fraction of sp³-hybridized carbons (Fsp3) is 0.286. The Kier molecular flexibility index (Phi) is 4.68. The molecular weight excluding hydrogens is 299 g/mol. The van der Waals surface area contributed by atoms with Crippen LogP contribution in [0.4, 0.5) is 0 Å². The van der Waals surface area contributed by atoms with Crippen LogP contribution in [-0.4, -0.2) is 9.13 Å². The summed E-state index contributed by atoms with van der Waals surface area (Å²) in [6, 6.07) is 6.45. The highest BCUT2D eigenvalue weighted by atomic mass is 35.5. The maximum atomic E-state index is 12.2. The first-order valence-electron chi connectivity index (χ1n) is 6.27. The summed E-state index contributed by atoms with van der Waals surface area (Å²) in [7, 11) is 0. The number of halogens is 2. The van der Waals surface area contributed by atoms with Gasteiger partial charge in [0.1, 0.15) is 0 Å². The van der Waals surface area contributed by atoms with Crippen LogP contribution < -0.4 is 11.2 Å². The molecule has 0 spiro atoms. The second kappa shape index (κ2) is 6.29. The lowest BCUT2D eigenvalue weighted by Crippen LogP contribution is -2.39. The summed E-state index contributed by atoms with van der Waals surface area (Å²) in [4.78, 5) is 24.0. The number of hydrogen-bond donors (Lipinski definition) is 0. The zero-order valence-corrected chi connectivity index (χ0v) is 12.5. The Morgan fingerprint density at radius 2 is 1.85 bits per heavy atom. The molecule has 0 radical (unpaired) electrons. The van der Waals surface area contributed by atoms with E-state index in [4.69, 9.17) is 23.2 Å². The summed E-state index contributed by atoms with van der Waals surface area (Å²) >= 11 is 11.8. The van der Waals surface area contributed by atoms with E-state index in [1.54, 1.807) is 18.2 Å². The molecule has 1 heterocycles. The van der Waals surface area contributed by atoms with Crippen LogP contribution in [-0.2, 0) is 13.1 Å². The Bertz CT molecular complexity index is 735. The Hall–Kier alpha value is -1.52. The van der Waals surface area contributed by atoms with Crippen LogP contribution in [0.25, 0.3) is 0 Å². The van der Waals surface area contributed by atoms with Crippen LogP contribution in [0.2, 0.25) is 10.0 Å². The third-order valence-corrected chi connectivity index (χ3v) is 3.67. The van der Waals surface area contributed by atoms with Gasteiger partial charge in [-0.1, -0.05) is 36.2 Å². The van der Waals surface area contributed by atoms with Gasteiger partial charge in [0.15, 0.2) is 0 Å². The van der Waals surface area contributed by atoms with E-state index in [-0.39, 0.29) is 17.8 Å². The van der Waals surface area contributed by atoms with Gasteiger partial charge in [-0.25, -0.2) is 4.79 Å². The van der Waals surface area contributed by atoms with Gasteiger partial charge < -0.3 is 4.57 Å². The lowest BCUT2D eigenvalue weighted by atomic mass is 10.2. The van der Waals surface area contributed by atoms with Crippen molar-refractivity contribution in [3.63, 3.8) is 0 Å². The second-order valence-electron chi connectivity index (χ2n) is 4.46. The minimum atomic E-state index is -0.326. The average Bonchev–Trinajstić information content (AvgIpc) is 2.42. The summed E-state index contributed by atoms with van der Waals surface area (Å²) in [5.41, 5.74) is 0.117. The van der Waals surface area contributed by atoms with E-state index in [1.165, 1.54) is 21.4 Å². The van der Waals surface area contributed by atoms with Crippen LogP contribution in [0.3, 0.4) is 0 Å². The molecule has 0 atom stereocenters. The molecule has 0 fully saturated rings. The van der Waals surface area contributed by atoms with Gasteiger partial charge in [-0.15, -0.1) is 0 Å². The van der Waals surface area contributed by atoms with E-state index in [2.05, 4.69) is 0 Å². The van der Waals surface area contributed by atoms with Crippen molar-refractivity contribution in [3.05, 3.63) is 66.9 Å². The lowest BCUT2D eigenvalue weighted by Gasteiger charge is -2.09. The van der Waals surface area contributed by atoms with E-state index < -0.39 is 0 Å². The smallest absolute Gasteiger partial charge is 0.300 e. The molecule has 0 aliphatic heterocycles. The third-order valence-electron chi connectivity index (χ3n) is 2.93. The van der Waals surface area contributed by atoms with Crippen molar-refractivity contribution in [3.8, 4) is 0 Å². The SMILES string of the molecule is CCCn1ccc(=O)n(Cc2ccc(Cl)c(Cl)c2)c1=O. The van der Waals surface area contributed by atoms with Gasteiger partial charge in [-0.05, 0) is 24.1 Å². The topological polar surface area (TPSA) is 44.0 Å². The van der Waals surface area contributed by atoms with Crippen molar-refractivity contribution in [2.24, 2.45) is 0 Å². The van der Waals surface area contributed by atoms with Crippen molar-refractivity contribution in [2.45, 2.75) is 26.4 Å². The van der Waals surface area contributed by atoms with Gasteiger partial charge in [-0.2, -0.15) is 0 Å². The first kappa shape index (κ1) is 14.9.